The van der Waals surface area contributed by atoms with Crippen LogP contribution in [-0.2, 0) is 25.0 Å². The van der Waals surface area contributed by atoms with Crippen molar-refractivity contribution in [3.63, 3.8) is 0 Å². The van der Waals surface area contributed by atoms with Crippen LogP contribution in [0.3, 0.4) is 0 Å². The van der Waals surface area contributed by atoms with E-state index in [-0.39, 0.29) is 11.1 Å². The fraction of sp³-hybridized carbons (Fsp3) is 0.455. The first-order chi connectivity index (χ1) is 13.7. The van der Waals surface area contributed by atoms with Gasteiger partial charge in [0.15, 0.2) is 0 Å². The first-order valence-electron chi connectivity index (χ1n) is 10.0. The molecule has 7 heteroatoms. The van der Waals surface area contributed by atoms with Crippen molar-refractivity contribution in [2.75, 3.05) is 6.54 Å². The van der Waals surface area contributed by atoms with E-state index in [4.69, 9.17) is 10.1 Å². The van der Waals surface area contributed by atoms with Crippen LogP contribution in [0.15, 0.2) is 29.3 Å². The Balaban J connectivity index is 1.59. The Morgan fingerprint density at radius 3 is 2.55 bits per heavy atom. The summed E-state index contributed by atoms with van der Waals surface area (Å²) >= 11 is 0. The minimum atomic E-state index is -0.0506. The molecule has 1 aliphatic heterocycles. The highest BCUT2D eigenvalue weighted by Gasteiger charge is 2.25. The third-order valence-electron chi connectivity index (χ3n) is 5.56. The summed E-state index contributed by atoms with van der Waals surface area (Å²) in [5.74, 6) is 0.614. The van der Waals surface area contributed by atoms with Gasteiger partial charge in [-0.3, -0.25) is 19.4 Å². The van der Waals surface area contributed by atoms with Gasteiger partial charge in [-0.15, -0.1) is 0 Å². The van der Waals surface area contributed by atoms with Crippen molar-refractivity contribution in [2.45, 2.75) is 59.7 Å². The van der Waals surface area contributed by atoms with Crippen LogP contribution >= 0.6 is 0 Å². The van der Waals surface area contributed by atoms with E-state index in [9.17, 15) is 4.79 Å². The normalized spacial score (nSPS) is 14.8. The van der Waals surface area contributed by atoms with Gasteiger partial charge >= 0.3 is 0 Å². The average Bonchev–Trinajstić information content (AvgIpc) is 2.97. The molecule has 0 aromatic carbocycles. The summed E-state index contributed by atoms with van der Waals surface area (Å²) in [5, 5.41) is 4.76. The molecule has 1 aliphatic rings. The summed E-state index contributed by atoms with van der Waals surface area (Å²) in [4.78, 5) is 26.8. The second-order valence-corrected chi connectivity index (χ2v) is 8.77. The summed E-state index contributed by atoms with van der Waals surface area (Å²) in [6.07, 6.45) is 4.18. The van der Waals surface area contributed by atoms with Crippen molar-refractivity contribution in [3.8, 4) is 11.4 Å². The van der Waals surface area contributed by atoms with E-state index in [1.54, 1.807) is 12.4 Å². The maximum atomic E-state index is 12.8. The van der Waals surface area contributed by atoms with Crippen LogP contribution in [-0.4, -0.2) is 36.2 Å². The van der Waals surface area contributed by atoms with Gasteiger partial charge in [0.1, 0.15) is 5.82 Å². The zero-order valence-electron chi connectivity index (χ0n) is 17.8. The SMILES string of the molecule is Cc1nn(C(C)(C)C)c(C)c1CN1CCc2nc(-c3ccncc3)[nH]c(=O)c2C1. The molecule has 3 aromatic heterocycles. The molecule has 0 amide bonds. The van der Waals surface area contributed by atoms with E-state index in [0.717, 1.165) is 42.0 Å². The first kappa shape index (κ1) is 19.5. The first-order valence-corrected chi connectivity index (χ1v) is 10.0. The number of fused-ring (bicyclic) bond motifs is 1. The molecule has 4 rings (SSSR count). The fourth-order valence-corrected chi connectivity index (χ4v) is 4.04. The number of aromatic amines is 1. The van der Waals surface area contributed by atoms with Crippen LogP contribution in [0.5, 0.6) is 0 Å². The predicted octanol–water partition coefficient (Wildman–Crippen LogP) is 2.96. The summed E-state index contributed by atoms with van der Waals surface area (Å²) in [6, 6.07) is 3.72. The molecule has 0 bridgehead atoms. The highest BCUT2D eigenvalue weighted by atomic mass is 16.1. The van der Waals surface area contributed by atoms with Crippen LogP contribution in [0.2, 0.25) is 0 Å². The Labute approximate surface area is 170 Å². The summed E-state index contributed by atoms with van der Waals surface area (Å²) < 4.78 is 2.10. The molecule has 3 aromatic rings. The molecule has 0 fully saturated rings. The number of hydrogen-bond acceptors (Lipinski definition) is 5. The van der Waals surface area contributed by atoms with Crippen molar-refractivity contribution in [3.05, 3.63) is 63.1 Å². The Morgan fingerprint density at radius 2 is 1.90 bits per heavy atom. The molecule has 4 heterocycles. The van der Waals surface area contributed by atoms with Gasteiger partial charge in [0.25, 0.3) is 5.56 Å². The summed E-state index contributed by atoms with van der Waals surface area (Å²) in [6.45, 7) is 13.0. The third kappa shape index (κ3) is 3.74. The highest BCUT2D eigenvalue weighted by Crippen LogP contribution is 2.25. The van der Waals surface area contributed by atoms with Crippen LogP contribution < -0.4 is 5.56 Å². The van der Waals surface area contributed by atoms with E-state index >= 15 is 0 Å². The van der Waals surface area contributed by atoms with Crippen LogP contribution in [0.4, 0.5) is 0 Å². The summed E-state index contributed by atoms with van der Waals surface area (Å²) in [5.41, 5.74) is 5.95. The lowest BCUT2D eigenvalue weighted by Gasteiger charge is -2.28. The number of H-pyrrole nitrogens is 1. The van der Waals surface area contributed by atoms with E-state index in [1.165, 1.54) is 11.3 Å². The van der Waals surface area contributed by atoms with Gasteiger partial charge in [-0.2, -0.15) is 5.10 Å². The lowest BCUT2D eigenvalue weighted by atomic mass is 10.0. The monoisotopic (exact) mass is 392 g/mol. The van der Waals surface area contributed by atoms with Gasteiger partial charge in [0, 0.05) is 55.3 Å². The van der Waals surface area contributed by atoms with Gasteiger partial charge in [-0.1, -0.05) is 0 Å². The van der Waals surface area contributed by atoms with Crippen molar-refractivity contribution >= 4 is 0 Å². The van der Waals surface area contributed by atoms with Crippen molar-refractivity contribution in [2.24, 2.45) is 0 Å². The molecule has 0 saturated heterocycles. The van der Waals surface area contributed by atoms with Gasteiger partial charge < -0.3 is 4.98 Å². The Hall–Kier alpha value is -2.80. The van der Waals surface area contributed by atoms with Gasteiger partial charge in [0.2, 0.25) is 0 Å². The second-order valence-electron chi connectivity index (χ2n) is 8.77. The van der Waals surface area contributed by atoms with Crippen LogP contribution in [0, 0.1) is 13.8 Å². The predicted molar refractivity (Wildman–Crippen MR) is 113 cm³/mol. The molecule has 0 aliphatic carbocycles. The number of rotatable bonds is 3. The minimum Gasteiger partial charge on any atom is -0.306 e. The average molecular weight is 393 g/mol. The second kappa shape index (κ2) is 7.22. The van der Waals surface area contributed by atoms with Gasteiger partial charge in [-0.05, 0) is 46.8 Å². The number of hydrogen-bond donors (Lipinski definition) is 1. The van der Waals surface area contributed by atoms with Gasteiger partial charge in [0.05, 0.1) is 22.5 Å². The maximum absolute atomic E-state index is 12.8. The summed E-state index contributed by atoms with van der Waals surface area (Å²) in [7, 11) is 0. The fourth-order valence-electron chi connectivity index (χ4n) is 4.04. The van der Waals surface area contributed by atoms with Crippen LogP contribution in [0.1, 0.15) is 49.0 Å². The topological polar surface area (TPSA) is 79.7 Å². The number of aryl methyl sites for hydroxylation is 1. The van der Waals surface area contributed by atoms with Gasteiger partial charge in [-0.25, -0.2) is 4.98 Å². The molecule has 0 spiro atoms. The largest absolute Gasteiger partial charge is 0.306 e. The van der Waals surface area contributed by atoms with E-state index in [0.29, 0.717) is 12.4 Å². The number of nitrogens with one attached hydrogen (secondary N) is 1. The van der Waals surface area contributed by atoms with Crippen molar-refractivity contribution < 1.29 is 0 Å². The standard InChI is InChI=1S/C22H28N6O/c1-14-17(15(2)28(26-14)22(3,4)5)12-27-11-8-19-18(13-27)21(29)25-20(24-19)16-6-9-23-10-7-16/h6-7,9-10H,8,11-13H2,1-5H3,(H,24,25,29). The quantitative estimate of drug-likeness (QED) is 0.741. The highest BCUT2D eigenvalue weighted by molar-refractivity contribution is 5.54. The molecule has 0 unspecified atom stereocenters. The lowest BCUT2D eigenvalue weighted by Crippen LogP contribution is -2.35. The zero-order chi connectivity index (χ0) is 20.8. The van der Waals surface area contributed by atoms with Crippen molar-refractivity contribution in [1.29, 1.82) is 0 Å². The van der Waals surface area contributed by atoms with E-state index < -0.39 is 0 Å². The zero-order valence-corrected chi connectivity index (χ0v) is 17.8. The number of pyridine rings is 1. The lowest BCUT2D eigenvalue weighted by molar-refractivity contribution is 0.240. The third-order valence-corrected chi connectivity index (χ3v) is 5.56. The molecular weight excluding hydrogens is 364 g/mol. The van der Waals surface area contributed by atoms with E-state index in [2.05, 4.69) is 54.2 Å². The maximum Gasteiger partial charge on any atom is 0.255 e. The van der Waals surface area contributed by atoms with Crippen LogP contribution in [0.25, 0.3) is 11.4 Å². The Morgan fingerprint density at radius 1 is 1.17 bits per heavy atom. The molecule has 0 atom stereocenters. The minimum absolute atomic E-state index is 0.0496. The molecule has 152 valence electrons. The smallest absolute Gasteiger partial charge is 0.255 e. The number of aromatic nitrogens is 5. The molecule has 0 saturated carbocycles. The Bertz CT molecular complexity index is 1090. The molecule has 29 heavy (non-hydrogen) atoms. The Kier molecular flexibility index (Phi) is 4.86. The molecule has 0 radical (unpaired) electrons. The molecular formula is C22H28N6O. The van der Waals surface area contributed by atoms with Crippen molar-refractivity contribution in [1.82, 2.24) is 29.6 Å². The molecule has 1 N–H and O–H groups in total. The van der Waals surface area contributed by atoms with E-state index in [1.807, 2.05) is 12.1 Å². The number of nitrogens with zero attached hydrogens (tertiary/aromatic N) is 5. The molecule has 7 nitrogen and oxygen atoms in total.